The number of rotatable bonds is 4. The molecule has 2 heterocycles. The molecule has 0 radical (unpaired) electrons. The Labute approximate surface area is 145 Å². The van der Waals surface area contributed by atoms with E-state index in [9.17, 15) is 9.18 Å². The van der Waals surface area contributed by atoms with Crippen molar-refractivity contribution in [2.75, 3.05) is 20.1 Å². The van der Waals surface area contributed by atoms with Gasteiger partial charge < -0.3 is 5.32 Å². The lowest BCUT2D eigenvalue weighted by Gasteiger charge is -2.26. The fourth-order valence-electron chi connectivity index (χ4n) is 3.29. The average molecular weight is 348 g/mol. The van der Waals surface area contributed by atoms with E-state index in [0.717, 1.165) is 18.5 Å². The van der Waals surface area contributed by atoms with Crippen molar-refractivity contribution in [3.63, 3.8) is 0 Å². The maximum atomic E-state index is 13.8. The smallest absolute Gasteiger partial charge is 0.251 e. The van der Waals surface area contributed by atoms with Crippen LogP contribution in [0.2, 0.25) is 5.02 Å². The summed E-state index contributed by atoms with van der Waals surface area (Å²) in [7, 11) is 2.02. The van der Waals surface area contributed by atoms with Gasteiger partial charge in [0.1, 0.15) is 5.82 Å². The Balaban J connectivity index is 1.70. The molecule has 1 saturated heterocycles. The lowest BCUT2D eigenvalue weighted by Crippen LogP contribution is -2.32. The second kappa shape index (κ2) is 7.28. The van der Waals surface area contributed by atoms with Crippen LogP contribution in [0.5, 0.6) is 0 Å². The molecule has 1 aliphatic rings. The van der Waals surface area contributed by atoms with Crippen molar-refractivity contribution in [1.29, 1.82) is 0 Å². The third-order valence-corrected chi connectivity index (χ3v) is 4.83. The van der Waals surface area contributed by atoms with Crippen LogP contribution in [-0.4, -0.2) is 35.9 Å². The molecule has 126 valence electrons. The quantitative estimate of drug-likeness (QED) is 0.923. The SMILES string of the molecule is CN1CC[C@@H](CNC(=O)c2ccncc2)[C@@H]1c1ccc(Cl)c(F)c1. The van der Waals surface area contributed by atoms with Gasteiger partial charge in [0.15, 0.2) is 0 Å². The number of aromatic nitrogens is 1. The molecule has 0 bridgehead atoms. The summed E-state index contributed by atoms with van der Waals surface area (Å²) in [5.41, 5.74) is 1.48. The molecule has 0 aliphatic carbocycles. The fourth-order valence-corrected chi connectivity index (χ4v) is 3.41. The van der Waals surface area contributed by atoms with Crippen molar-refractivity contribution in [1.82, 2.24) is 15.2 Å². The molecular weight excluding hydrogens is 329 g/mol. The summed E-state index contributed by atoms with van der Waals surface area (Å²) in [6.45, 7) is 1.45. The van der Waals surface area contributed by atoms with Gasteiger partial charge in [-0.1, -0.05) is 17.7 Å². The summed E-state index contributed by atoms with van der Waals surface area (Å²) < 4.78 is 13.8. The number of hydrogen-bond donors (Lipinski definition) is 1. The number of nitrogens with zero attached hydrogens (tertiary/aromatic N) is 2. The van der Waals surface area contributed by atoms with Crippen molar-refractivity contribution < 1.29 is 9.18 Å². The topological polar surface area (TPSA) is 45.2 Å². The molecule has 1 aromatic carbocycles. The molecule has 24 heavy (non-hydrogen) atoms. The van der Waals surface area contributed by atoms with E-state index in [0.29, 0.717) is 12.1 Å². The summed E-state index contributed by atoms with van der Waals surface area (Å²) >= 11 is 5.78. The highest BCUT2D eigenvalue weighted by molar-refractivity contribution is 6.30. The van der Waals surface area contributed by atoms with Gasteiger partial charge in [0.25, 0.3) is 5.91 Å². The van der Waals surface area contributed by atoms with Crippen LogP contribution in [0.25, 0.3) is 0 Å². The highest BCUT2D eigenvalue weighted by atomic mass is 35.5. The summed E-state index contributed by atoms with van der Waals surface area (Å²) in [6.07, 6.45) is 4.14. The molecule has 1 fully saturated rings. The molecule has 0 spiro atoms. The van der Waals surface area contributed by atoms with Crippen molar-refractivity contribution in [3.8, 4) is 0 Å². The number of hydrogen-bond acceptors (Lipinski definition) is 3. The van der Waals surface area contributed by atoms with E-state index in [4.69, 9.17) is 11.6 Å². The van der Waals surface area contributed by atoms with Crippen LogP contribution in [0.15, 0.2) is 42.7 Å². The fraction of sp³-hybridized carbons (Fsp3) is 0.333. The third-order valence-electron chi connectivity index (χ3n) is 4.53. The van der Waals surface area contributed by atoms with Crippen LogP contribution in [0.3, 0.4) is 0 Å². The molecule has 1 aromatic heterocycles. The van der Waals surface area contributed by atoms with Gasteiger partial charge in [0, 0.05) is 30.5 Å². The summed E-state index contributed by atoms with van der Waals surface area (Å²) in [4.78, 5) is 18.3. The minimum absolute atomic E-state index is 0.0644. The van der Waals surface area contributed by atoms with E-state index in [1.54, 1.807) is 30.6 Å². The monoisotopic (exact) mass is 347 g/mol. The van der Waals surface area contributed by atoms with Crippen molar-refractivity contribution in [3.05, 3.63) is 64.7 Å². The van der Waals surface area contributed by atoms with Gasteiger partial charge in [0.05, 0.1) is 5.02 Å². The molecule has 1 aliphatic heterocycles. The zero-order valence-electron chi connectivity index (χ0n) is 13.4. The molecule has 6 heteroatoms. The maximum Gasteiger partial charge on any atom is 0.251 e. The molecular formula is C18H19ClFN3O. The maximum absolute atomic E-state index is 13.8. The normalized spacial score (nSPS) is 21.0. The first kappa shape index (κ1) is 16.9. The number of amides is 1. The average Bonchev–Trinajstić information content (AvgIpc) is 2.96. The molecule has 3 rings (SSSR count). The predicted molar refractivity (Wildman–Crippen MR) is 91.5 cm³/mol. The van der Waals surface area contributed by atoms with Crippen molar-refractivity contribution in [2.24, 2.45) is 5.92 Å². The van der Waals surface area contributed by atoms with E-state index in [1.807, 2.05) is 13.1 Å². The Hall–Kier alpha value is -1.98. The van der Waals surface area contributed by atoms with Gasteiger partial charge in [-0.25, -0.2) is 4.39 Å². The molecule has 1 N–H and O–H groups in total. The third kappa shape index (κ3) is 3.57. The van der Waals surface area contributed by atoms with Crippen LogP contribution >= 0.6 is 11.6 Å². The summed E-state index contributed by atoms with van der Waals surface area (Å²) in [5, 5.41) is 3.10. The second-order valence-electron chi connectivity index (χ2n) is 6.09. The summed E-state index contributed by atoms with van der Waals surface area (Å²) in [5.74, 6) is -0.302. The largest absolute Gasteiger partial charge is 0.352 e. The second-order valence-corrected chi connectivity index (χ2v) is 6.50. The zero-order valence-corrected chi connectivity index (χ0v) is 14.1. The van der Waals surface area contributed by atoms with E-state index in [2.05, 4.69) is 15.2 Å². The minimum atomic E-state index is -0.408. The Morgan fingerprint density at radius 3 is 2.83 bits per heavy atom. The van der Waals surface area contributed by atoms with Gasteiger partial charge >= 0.3 is 0 Å². The van der Waals surface area contributed by atoms with Gasteiger partial charge in [-0.2, -0.15) is 0 Å². The minimum Gasteiger partial charge on any atom is -0.352 e. The first-order valence-corrected chi connectivity index (χ1v) is 8.27. The van der Waals surface area contributed by atoms with Crippen LogP contribution < -0.4 is 5.32 Å². The lowest BCUT2D eigenvalue weighted by atomic mass is 9.93. The number of carbonyl (C=O) groups excluding carboxylic acids is 1. The Kier molecular flexibility index (Phi) is 5.11. The van der Waals surface area contributed by atoms with Gasteiger partial charge in [0.2, 0.25) is 0 Å². The summed E-state index contributed by atoms with van der Waals surface area (Å²) in [6, 6.07) is 8.37. The standard InChI is InChI=1S/C18H19ClFN3O/c1-23-9-6-14(11-22-18(24)12-4-7-21-8-5-12)17(23)13-2-3-15(19)16(20)10-13/h2-5,7-8,10,14,17H,6,9,11H2,1H3,(H,22,24)/t14-,17-/m0/s1. The highest BCUT2D eigenvalue weighted by Crippen LogP contribution is 2.36. The molecule has 1 amide bonds. The molecule has 2 atom stereocenters. The van der Waals surface area contributed by atoms with Gasteiger partial charge in [-0.05, 0) is 55.8 Å². The highest BCUT2D eigenvalue weighted by Gasteiger charge is 2.33. The Morgan fingerprint density at radius 2 is 2.12 bits per heavy atom. The first-order valence-electron chi connectivity index (χ1n) is 7.89. The molecule has 2 aromatic rings. The molecule has 4 nitrogen and oxygen atoms in total. The van der Waals surface area contributed by atoms with E-state index in [-0.39, 0.29) is 22.9 Å². The first-order chi connectivity index (χ1) is 11.6. The number of halogens is 2. The van der Waals surface area contributed by atoms with Crippen molar-refractivity contribution >= 4 is 17.5 Å². The van der Waals surface area contributed by atoms with Crippen LogP contribution in [0, 0.1) is 11.7 Å². The Bertz CT molecular complexity index is 725. The van der Waals surface area contributed by atoms with E-state index >= 15 is 0 Å². The predicted octanol–water partition coefficient (Wildman–Crippen LogP) is 3.30. The van der Waals surface area contributed by atoms with Crippen LogP contribution in [-0.2, 0) is 0 Å². The number of nitrogens with one attached hydrogen (secondary N) is 1. The van der Waals surface area contributed by atoms with Crippen molar-refractivity contribution in [2.45, 2.75) is 12.5 Å². The van der Waals surface area contributed by atoms with E-state index in [1.165, 1.54) is 6.07 Å². The molecule has 0 unspecified atom stereocenters. The zero-order chi connectivity index (χ0) is 17.1. The van der Waals surface area contributed by atoms with E-state index < -0.39 is 5.82 Å². The van der Waals surface area contributed by atoms with Gasteiger partial charge in [-0.3, -0.25) is 14.7 Å². The van der Waals surface area contributed by atoms with Crippen LogP contribution in [0.1, 0.15) is 28.4 Å². The number of likely N-dealkylation sites (tertiary alicyclic amines) is 1. The number of pyridine rings is 1. The molecule has 0 saturated carbocycles. The number of benzene rings is 1. The number of carbonyl (C=O) groups is 1. The van der Waals surface area contributed by atoms with Crippen LogP contribution in [0.4, 0.5) is 4.39 Å². The Morgan fingerprint density at radius 1 is 1.38 bits per heavy atom. The van der Waals surface area contributed by atoms with Gasteiger partial charge in [-0.15, -0.1) is 0 Å². The lowest BCUT2D eigenvalue weighted by molar-refractivity contribution is 0.0943.